The third-order valence-corrected chi connectivity index (χ3v) is 4.35. The van der Waals surface area contributed by atoms with E-state index in [2.05, 4.69) is 5.32 Å². The van der Waals surface area contributed by atoms with Gasteiger partial charge >= 0.3 is 0 Å². The van der Waals surface area contributed by atoms with E-state index in [1.54, 1.807) is 0 Å². The Morgan fingerprint density at radius 2 is 2.31 bits per heavy atom. The maximum absolute atomic E-state index is 10.6. The second kappa shape index (κ2) is 3.84. The Bertz CT molecular complexity index is 245. The number of hydrogen-bond donors (Lipinski definition) is 1. The Labute approximate surface area is 83.2 Å². The van der Waals surface area contributed by atoms with Gasteiger partial charge in [0.05, 0.1) is 5.37 Å². The van der Waals surface area contributed by atoms with Crippen LogP contribution < -0.4 is 5.32 Å². The van der Waals surface area contributed by atoms with Crippen LogP contribution in [0.5, 0.6) is 0 Å². The third kappa shape index (κ3) is 1.97. The first kappa shape index (κ1) is 9.28. The monoisotopic (exact) mass is 197 g/mol. The number of rotatable bonds is 5. The summed E-state index contributed by atoms with van der Waals surface area (Å²) in [4.78, 5) is 11.9. The van der Waals surface area contributed by atoms with E-state index in [0.29, 0.717) is 5.37 Å². The molecule has 0 aromatic carbocycles. The smallest absolute Gasteiger partial charge is 0.146 e. The van der Waals surface area contributed by atoms with Gasteiger partial charge < -0.3 is 5.32 Å². The molecule has 1 saturated carbocycles. The second-order valence-electron chi connectivity index (χ2n) is 3.73. The molecular weight excluding hydrogens is 182 g/mol. The zero-order valence-corrected chi connectivity index (χ0v) is 8.69. The number of nitrogens with one attached hydrogen (secondary N) is 1. The van der Waals surface area contributed by atoms with Gasteiger partial charge in [-0.2, -0.15) is 0 Å². The number of carbonyl (C=O) groups excluding carboxylic acids is 1. The lowest BCUT2D eigenvalue weighted by molar-refractivity contribution is -0.105. The van der Waals surface area contributed by atoms with Crippen LogP contribution in [0.4, 0.5) is 0 Å². The van der Waals surface area contributed by atoms with Gasteiger partial charge in [-0.25, -0.2) is 0 Å². The Hall–Kier alpha value is -0.280. The highest BCUT2D eigenvalue weighted by Gasteiger charge is 2.32. The molecule has 0 bridgehead atoms. The molecule has 72 valence electrons. The van der Waals surface area contributed by atoms with E-state index in [4.69, 9.17) is 0 Å². The van der Waals surface area contributed by atoms with Crippen molar-refractivity contribution in [3.8, 4) is 0 Å². The first-order chi connectivity index (χ1) is 6.35. The second-order valence-corrected chi connectivity index (χ2v) is 4.97. The van der Waals surface area contributed by atoms with Gasteiger partial charge in [0, 0.05) is 5.57 Å². The fraction of sp³-hybridized carbons (Fsp3) is 0.700. The largest absolute Gasteiger partial charge is 0.308 e. The van der Waals surface area contributed by atoms with Crippen molar-refractivity contribution < 1.29 is 4.79 Å². The molecule has 0 heterocycles. The Morgan fingerprint density at radius 3 is 2.69 bits per heavy atom. The molecule has 0 amide bonds. The van der Waals surface area contributed by atoms with Gasteiger partial charge in [0.2, 0.25) is 0 Å². The minimum absolute atomic E-state index is 0.547. The van der Waals surface area contributed by atoms with Crippen molar-refractivity contribution in [2.24, 2.45) is 5.92 Å². The molecule has 13 heavy (non-hydrogen) atoms. The summed E-state index contributed by atoms with van der Waals surface area (Å²) in [6, 6.07) is 0. The summed E-state index contributed by atoms with van der Waals surface area (Å²) in [5, 5.41) is 3.87. The lowest BCUT2D eigenvalue weighted by Crippen LogP contribution is -2.24. The van der Waals surface area contributed by atoms with Crippen molar-refractivity contribution in [1.29, 1.82) is 0 Å². The van der Waals surface area contributed by atoms with E-state index in [1.165, 1.54) is 17.7 Å². The van der Waals surface area contributed by atoms with E-state index in [1.807, 2.05) is 18.8 Å². The predicted molar refractivity (Wildman–Crippen MR) is 55.5 cm³/mol. The lowest BCUT2D eigenvalue weighted by atomic mass is 10.0. The molecule has 2 aliphatic rings. The standard InChI is InChI=1S/C10H15NOS/c1-11-10(7-2-3-7)13-9-5-4-8(9)6-12/h6-7,10-11H,2-5H2,1H3. The average molecular weight is 197 g/mol. The molecule has 0 radical (unpaired) electrons. The van der Waals surface area contributed by atoms with E-state index in [-0.39, 0.29) is 0 Å². The summed E-state index contributed by atoms with van der Waals surface area (Å²) in [5.41, 5.74) is 1.03. The molecule has 1 atom stereocenters. The van der Waals surface area contributed by atoms with Gasteiger partial charge in [0.1, 0.15) is 6.29 Å². The van der Waals surface area contributed by atoms with Gasteiger partial charge in [-0.05, 0) is 43.6 Å². The lowest BCUT2D eigenvalue weighted by Gasteiger charge is -2.24. The van der Waals surface area contributed by atoms with Crippen LogP contribution in [0.25, 0.3) is 0 Å². The van der Waals surface area contributed by atoms with Crippen LogP contribution in [0, 0.1) is 5.92 Å². The highest BCUT2D eigenvalue weighted by atomic mass is 32.2. The topological polar surface area (TPSA) is 29.1 Å². The van der Waals surface area contributed by atoms with Crippen molar-refractivity contribution in [2.45, 2.75) is 31.1 Å². The number of allylic oxidation sites excluding steroid dienone is 2. The van der Waals surface area contributed by atoms with Crippen LogP contribution in [0.1, 0.15) is 25.7 Å². The summed E-state index contributed by atoms with van der Waals surface area (Å²) in [6.45, 7) is 0. The van der Waals surface area contributed by atoms with Gasteiger partial charge in [-0.1, -0.05) is 0 Å². The van der Waals surface area contributed by atoms with Crippen molar-refractivity contribution >= 4 is 18.0 Å². The summed E-state index contributed by atoms with van der Waals surface area (Å²) in [7, 11) is 2.01. The van der Waals surface area contributed by atoms with Crippen LogP contribution >= 0.6 is 11.8 Å². The average Bonchev–Trinajstić information content (AvgIpc) is 2.88. The van der Waals surface area contributed by atoms with Gasteiger partial charge in [-0.3, -0.25) is 4.79 Å². The molecule has 3 heteroatoms. The zero-order valence-electron chi connectivity index (χ0n) is 7.88. The Kier molecular flexibility index (Phi) is 2.74. The molecule has 1 N–H and O–H groups in total. The molecule has 0 aromatic heterocycles. The molecule has 0 aliphatic heterocycles. The number of hydrogen-bond acceptors (Lipinski definition) is 3. The van der Waals surface area contributed by atoms with E-state index in [0.717, 1.165) is 30.6 Å². The number of carbonyl (C=O) groups is 1. The molecule has 1 unspecified atom stereocenters. The van der Waals surface area contributed by atoms with Gasteiger partial charge in [0.15, 0.2) is 0 Å². The minimum Gasteiger partial charge on any atom is -0.308 e. The summed E-state index contributed by atoms with van der Waals surface area (Å²) >= 11 is 1.87. The van der Waals surface area contributed by atoms with E-state index >= 15 is 0 Å². The maximum Gasteiger partial charge on any atom is 0.146 e. The van der Waals surface area contributed by atoms with Crippen molar-refractivity contribution in [2.75, 3.05) is 7.05 Å². The van der Waals surface area contributed by atoms with Crippen LogP contribution in [-0.2, 0) is 4.79 Å². The maximum atomic E-state index is 10.6. The molecule has 2 rings (SSSR count). The van der Waals surface area contributed by atoms with Crippen LogP contribution in [0.2, 0.25) is 0 Å². The van der Waals surface area contributed by atoms with Crippen LogP contribution in [-0.4, -0.2) is 18.7 Å². The fourth-order valence-electron chi connectivity index (χ4n) is 1.57. The Balaban J connectivity index is 1.91. The highest BCUT2D eigenvalue weighted by Crippen LogP contribution is 2.44. The zero-order chi connectivity index (χ0) is 9.26. The Morgan fingerprint density at radius 1 is 1.54 bits per heavy atom. The highest BCUT2D eigenvalue weighted by molar-refractivity contribution is 8.03. The van der Waals surface area contributed by atoms with Crippen molar-refractivity contribution in [1.82, 2.24) is 5.32 Å². The minimum atomic E-state index is 0.547. The quantitative estimate of drug-likeness (QED) is 0.539. The molecule has 0 saturated heterocycles. The molecular formula is C10H15NOS. The summed E-state index contributed by atoms with van der Waals surface area (Å²) in [6.07, 6.45) is 5.83. The first-order valence-corrected chi connectivity index (χ1v) is 5.74. The van der Waals surface area contributed by atoms with Crippen molar-refractivity contribution in [3.63, 3.8) is 0 Å². The first-order valence-electron chi connectivity index (χ1n) is 4.86. The van der Waals surface area contributed by atoms with Gasteiger partial charge in [-0.15, -0.1) is 11.8 Å². The van der Waals surface area contributed by atoms with Crippen LogP contribution in [0.3, 0.4) is 0 Å². The SMILES string of the molecule is CNC(SC1=C(C=O)CC1)C1CC1. The van der Waals surface area contributed by atoms with Crippen LogP contribution in [0.15, 0.2) is 10.5 Å². The van der Waals surface area contributed by atoms with Gasteiger partial charge in [0.25, 0.3) is 0 Å². The normalized spacial score (nSPS) is 24.1. The third-order valence-electron chi connectivity index (χ3n) is 2.73. The molecule has 2 nitrogen and oxygen atoms in total. The summed E-state index contributed by atoms with van der Waals surface area (Å²) in [5.74, 6) is 0.844. The summed E-state index contributed by atoms with van der Waals surface area (Å²) < 4.78 is 0. The molecule has 2 aliphatic carbocycles. The number of aldehydes is 1. The van der Waals surface area contributed by atoms with Crippen molar-refractivity contribution in [3.05, 3.63) is 10.5 Å². The predicted octanol–water partition coefficient (Wildman–Crippen LogP) is 1.92. The molecule has 0 spiro atoms. The van der Waals surface area contributed by atoms with E-state index < -0.39 is 0 Å². The molecule has 0 aromatic rings. The molecule has 1 fully saturated rings. The number of thioether (sulfide) groups is 1. The fourth-order valence-corrected chi connectivity index (χ4v) is 2.98. The van der Waals surface area contributed by atoms with E-state index in [9.17, 15) is 4.79 Å².